The topological polar surface area (TPSA) is 200 Å². The first-order valence-electron chi connectivity index (χ1n) is 19.5. The number of hydrogen-bond acceptors (Lipinski definition) is 10. The third-order valence-corrected chi connectivity index (χ3v) is 12.7. The zero-order valence-corrected chi connectivity index (χ0v) is 32.9. The highest BCUT2D eigenvalue weighted by atomic mass is 32.2. The Balaban J connectivity index is 1.01. The predicted molar refractivity (Wildman–Crippen MR) is 209 cm³/mol. The van der Waals surface area contributed by atoms with Gasteiger partial charge in [-0.25, -0.2) is 13.4 Å². The SMILES string of the molecule is COc1ccc(-c2cc(O[C@@H]3C[C@@H](C(N)=O)N(C(=O)[C@H](CCCCC/C=C\[C@@H]4C[C@@H]4C(=O)NS(=O)(=O)C4CC4)NC(=O)C(F)(F)F)C3)c3oc4ccccc4c3n2)cc1. The van der Waals surface area contributed by atoms with Crippen molar-refractivity contribution in [3.8, 4) is 22.8 Å². The Morgan fingerprint density at radius 1 is 1.05 bits per heavy atom. The molecule has 14 nitrogen and oxygen atoms in total. The molecule has 2 aliphatic carbocycles. The first-order chi connectivity index (χ1) is 28.1. The van der Waals surface area contributed by atoms with Crippen LogP contribution in [0, 0.1) is 11.8 Å². The Bertz CT molecular complexity index is 2380. The number of aromatic nitrogens is 1. The van der Waals surface area contributed by atoms with Gasteiger partial charge in [0.25, 0.3) is 0 Å². The Morgan fingerprint density at radius 3 is 2.49 bits per heavy atom. The fourth-order valence-corrected chi connectivity index (χ4v) is 8.74. The van der Waals surface area contributed by atoms with E-state index in [1.807, 2.05) is 41.7 Å². The molecule has 2 aromatic heterocycles. The van der Waals surface area contributed by atoms with Gasteiger partial charge in [-0.15, -0.1) is 0 Å². The van der Waals surface area contributed by atoms with Crippen LogP contribution in [0.4, 0.5) is 13.2 Å². The van der Waals surface area contributed by atoms with Crippen molar-refractivity contribution in [2.45, 2.75) is 87.4 Å². The number of pyridine rings is 1. The summed E-state index contributed by atoms with van der Waals surface area (Å²) >= 11 is 0. The normalized spacial score (nSPS) is 21.1. The zero-order chi connectivity index (χ0) is 42.1. The van der Waals surface area contributed by atoms with Gasteiger partial charge in [0.1, 0.15) is 35.0 Å². The van der Waals surface area contributed by atoms with Crippen molar-refractivity contribution in [2.24, 2.45) is 17.6 Å². The van der Waals surface area contributed by atoms with E-state index in [4.69, 9.17) is 24.6 Å². The quantitative estimate of drug-likeness (QED) is 0.0928. The molecule has 0 radical (unpaired) electrons. The molecule has 5 atom stereocenters. The zero-order valence-electron chi connectivity index (χ0n) is 32.1. The number of sulfonamides is 1. The number of amides is 4. The number of halogens is 3. The summed E-state index contributed by atoms with van der Waals surface area (Å²) in [5, 5.41) is 2.05. The molecule has 18 heteroatoms. The Kier molecular flexibility index (Phi) is 11.9. The summed E-state index contributed by atoms with van der Waals surface area (Å²) in [5.41, 5.74) is 8.36. The number of ether oxygens (including phenoxy) is 2. The van der Waals surface area contributed by atoms with E-state index in [0.717, 1.165) is 15.8 Å². The standard InChI is InChI=1S/C41H44F3N5O9S/c1-56-25-15-13-23(14-16-25)31-21-34(36-35(46-31)28-10-7-8-12-33(28)58-36)57-26-20-32(37(45)50)49(22-26)39(52)30(47-40(53)41(42,43)44)11-6-4-2-3-5-9-24-19-29(24)38(51)48-59(54,55)27-17-18-27/h5,7-10,12-16,21,24,26-27,29-30,32H,2-4,6,11,17-20,22H2,1H3,(H2,45,50)(H,47,53)(H,48,51)/b9-5-/t24-,26-,29+,30+,32+/m1/s1. The fraction of sp³-hybridized carbons (Fsp3) is 0.439. The third-order valence-electron chi connectivity index (χ3n) is 10.8. The molecule has 3 heterocycles. The number of benzene rings is 2. The maximum Gasteiger partial charge on any atom is 0.471 e. The van der Waals surface area contributed by atoms with E-state index < -0.39 is 69.2 Å². The van der Waals surface area contributed by atoms with Gasteiger partial charge in [-0.3, -0.25) is 23.9 Å². The minimum absolute atomic E-state index is 0.0743. The average Bonchev–Trinajstić information content (AvgIpc) is 4.13. The number of hydrogen-bond donors (Lipinski definition) is 3. The van der Waals surface area contributed by atoms with Crippen LogP contribution in [0.5, 0.6) is 11.5 Å². The van der Waals surface area contributed by atoms with E-state index >= 15 is 0 Å². The highest BCUT2D eigenvalue weighted by Gasteiger charge is 2.46. The summed E-state index contributed by atoms with van der Waals surface area (Å²) in [7, 11) is -2.06. The number of carbonyl (C=O) groups is 4. The highest BCUT2D eigenvalue weighted by molar-refractivity contribution is 7.90. The van der Waals surface area contributed by atoms with Gasteiger partial charge in [-0.1, -0.05) is 37.1 Å². The van der Waals surface area contributed by atoms with E-state index in [9.17, 15) is 40.8 Å². The minimum atomic E-state index is -5.26. The molecular formula is C41H44F3N5O9S. The molecular weight excluding hydrogens is 796 g/mol. The number of primary amides is 1. The second-order valence-electron chi connectivity index (χ2n) is 15.2. The number of para-hydroxylation sites is 1. The Morgan fingerprint density at radius 2 is 1.80 bits per heavy atom. The number of fused-ring (bicyclic) bond motifs is 3. The number of nitrogens with two attached hydrogens (primary N) is 1. The summed E-state index contributed by atoms with van der Waals surface area (Å²) in [6.45, 7) is -0.218. The lowest BCUT2D eigenvalue weighted by Crippen LogP contribution is -2.54. The molecule has 4 aromatic rings. The van der Waals surface area contributed by atoms with Gasteiger partial charge >= 0.3 is 12.1 Å². The first-order valence-corrected chi connectivity index (χ1v) is 21.0. The van der Waals surface area contributed by atoms with Gasteiger partial charge in [0.15, 0.2) is 11.3 Å². The van der Waals surface area contributed by atoms with Crippen LogP contribution >= 0.6 is 0 Å². The molecule has 3 aliphatic rings. The van der Waals surface area contributed by atoms with Crippen LogP contribution in [0.25, 0.3) is 33.3 Å². The summed E-state index contributed by atoms with van der Waals surface area (Å²) in [6, 6.07) is 13.3. The van der Waals surface area contributed by atoms with Gasteiger partial charge in [0.2, 0.25) is 27.7 Å². The number of rotatable bonds is 17. The van der Waals surface area contributed by atoms with E-state index in [1.165, 1.54) is 0 Å². The molecule has 7 rings (SSSR count). The average molecular weight is 840 g/mol. The number of carbonyl (C=O) groups excluding carboxylic acids is 4. The Hall–Kier alpha value is -5.65. The van der Waals surface area contributed by atoms with Crippen molar-refractivity contribution in [2.75, 3.05) is 13.7 Å². The number of nitrogens with one attached hydrogen (secondary N) is 2. The molecule has 59 heavy (non-hydrogen) atoms. The van der Waals surface area contributed by atoms with Crippen LogP contribution in [-0.4, -0.2) is 85.2 Å². The molecule has 0 unspecified atom stereocenters. The molecule has 0 bridgehead atoms. The van der Waals surface area contributed by atoms with Gasteiger partial charge in [0.05, 0.1) is 24.6 Å². The predicted octanol–water partition coefficient (Wildman–Crippen LogP) is 5.29. The van der Waals surface area contributed by atoms with Crippen LogP contribution in [0.1, 0.15) is 57.8 Å². The molecule has 4 N–H and O–H groups in total. The molecule has 2 saturated carbocycles. The van der Waals surface area contributed by atoms with E-state index in [1.54, 1.807) is 37.4 Å². The number of methoxy groups -OCH3 is 1. The van der Waals surface area contributed by atoms with Crippen LogP contribution in [-0.2, 0) is 29.2 Å². The van der Waals surface area contributed by atoms with E-state index in [0.29, 0.717) is 66.7 Å². The van der Waals surface area contributed by atoms with Crippen LogP contribution < -0.4 is 25.2 Å². The number of likely N-dealkylation sites (tertiary alicyclic amines) is 1. The summed E-state index contributed by atoms with van der Waals surface area (Å²) in [4.78, 5) is 57.0. The van der Waals surface area contributed by atoms with Crippen molar-refractivity contribution in [1.82, 2.24) is 19.9 Å². The van der Waals surface area contributed by atoms with Gasteiger partial charge in [0, 0.05) is 29.4 Å². The molecule has 3 fully saturated rings. The van der Waals surface area contributed by atoms with Crippen LogP contribution in [0.15, 0.2) is 71.2 Å². The summed E-state index contributed by atoms with van der Waals surface area (Å²) in [5.74, 6) is -4.16. The van der Waals surface area contributed by atoms with E-state index in [2.05, 4.69) is 4.72 Å². The lowest BCUT2D eigenvalue weighted by Gasteiger charge is -2.28. The van der Waals surface area contributed by atoms with Crippen LogP contribution in [0.3, 0.4) is 0 Å². The third kappa shape index (κ3) is 9.64. The molecule has 314 valence electrons. The lowest BCUT2D eigenvalue weighted by atomic mass is 10.0. The van der Waals surface area contributed by atoms with Gasteiger partial charge in [-0.2, -0.15) is 13.2 Å². The summed E-state index contributed by atoms with van der Waals surface area (Å²) in [6.07, 6.45) is 0.952. The second-order valence-corrected chi connectivity index (χ2v) is 17.2. The number of allylic oxidation sites excluding steroid dienone is 2. The number of furan rings is 1. The number of alkyl halides is 3. The maximum absolute atomic E-state index is 14.0. The Labute approximate surface area is 337 Å². The minimum Gasteiger partial charge on any atom is -0.497 e. The monoisotopic (exact) mass is 839 g/mol. The van der Waals surface area contributed by atoms with Crippen molar-refractivity contribution < 1.29 is 54.7 Å². The summed E-state index contributed by atoms with van der Waals surface area (Å²) < 4.78 is 84.4. The number of nitrogens with zero attached hydrogens (tertiary/aromatic N) is 2. The molecule has 0 spiro atoms. The largest absolute Gasteiger partial charge is 0.497 e. The van der Waals surface area contributed by atoms with Crippen molar-refractivity contribution >= 4 is 55.7 Å². The molecule has 2 aromatic carbocycles. The highest BCUT2D eigenvalue weighted by Crippen LogP contribution is 2.41. The maximum atomic E-state index is 14.0. The van der Waals surface area contributed by atoms with Crippen molar-refractivity contribution in [1.29, 1.82) is 0 Å². The smallest absolute Gasteiger partial charge is 0.471 e. The fourth-order valence-electron chi connectivity index (χ4n) is 7.39. The van der Waals surface area contributed by atoms with Crippen molar-refractivity contribution in [3.63, 3.8) is 0 Å². The molecule has 1 saturated heterocycles. The van der Waals surface area contributed by atoms with E-state index in [-0.39, 0.29) is 37.5 Å². The molecule has 4 amide bonds. The molecule has 1 aliphatic heterocycles. The number of unbranched alkanes of at least 4 members (excludes halogenated alkanes) is 3. The van der Waals surface area contributed by atoms with Crippen molar-refractivity contribution in [3.05, 3.63) is 66.7 Å². The van der Waals surface area contributed by atoms with Gasteiger partial charge < -0.3 is 29.8 Å². The van der Waals surface area contributed by atoms with Crippen LogP contribution in [0.2, 0.25) is 0 Å². The lowest BCUT2D eigenvalue weighted by molar-refractivity contribution is -0.175. The van der Waals surface area contributed by atoms with Gasteiger partial charge in [-0.05, 0) is 80.8 Å². The first kappa shape index (κ1) is 41.5. The second kappa shape index (κ2) is 16.9.